The van der Waals surface area contributed by atoms with Gasteiger partial charge in [-0.2, -0.15) is 0 Å². The summed E-state index contributed by atoms with van der Waals surface area (Å²) in [5.41, 5.74) is 11.9. The molecule has 35 heavy (non-hydrogen) atoms. The zero-order valence-corrected chi connectivity index (χ0v) is 22.2. The van der Waals surface area contributed by atoms with Crippen LogP contribution in [0.2, 0.25) is 0 Å². The van der Waals surface area contributed by atoms with Crippen molar-refractivity contribution in [1.29, 1.82) is 0 Å². The zero-order chi connectivity index (χ0) is 25.0. The molecule has 5 aromatic rings. The van der Waals surface area contributed by atoms with E-state index >= 15 is 0 Å². The number of rotatable bonds is 4. The molecule has 3 aromatic carbocycles. The lowest BCUT2D eigenvalue weighted by Gasteiger charge is -2.16. The van der Waals surface area contributed by atoms with E-state index in [1.807, 2.05) is 6.20 Å². The van der Waals surface area contributed by atoms with Gasteiger partial charge in [0.15, 0.2) is 5.58 Å². The summed E-state index contributed by atoms with van der Waals surface area (Å²) in [4.78, 5) is 4.84. The number of hydrogen-bond donors (Lipinski definition) is 0. The minimum absolute atomic E-state index is 0.411. The van der Waals surface area contributed by atoms with Crippen molar-refractivity contribution >= 4 is 21.7 Å². The largest absolute Gasteiger partial charge is 0.454 e. The molecule has 0 atom stereocenters. The topological polar surface area (TPSA) is 26.0 Å². The predicted octanol–water partition coefficient (Wildman–Crippen LogP) is 9.80. The van der Waals surface area contributed by atoms with E-state index in [4.69, 9.17) is 9.40 Å². The van der Waals surface area contributed by atoms with E-state index in [9.17, 15) is 0 Å². The van der Waals surface area contributed by atoms with Gasteiger partial charge in [-0.25, -0.2) is 0 Å². The van der Waals surface area contributed by atoms with Gasteiger partial charge in [0.05, 0.1) is 0 Å². The minimum atomic E-state index is 0.411. The van der Waals surface area contributed by atoms with E-state index in [1.165, 1.54) is 49.7 Å². The molecule has 0 bridgehead atoms. The summed E-state index contributed by atoms with van der Waals surface area (Å²) in [6, 6.07) is 17.9. The molecule has 0 aliphatic carbocycles. The first kappa shape index (κ1) is 23.4. The molecule has 2 heterocycles. The summed E-state index contributed by atoms with van der Waals surface area (Å²) in [7, 11) is 0. The molecule has 5 rings (SSSR count). The highest BCUT2D eigenvalue weighted by Crippen LogP contribution is 2.40. The van der Waals surface area contributed by atoms with Gasteiger partial charge in [-0.15, -0.1) is 0 Å². The second-order valence-corrected chi connectivity index (χ2v) is 10.8. The number of hydrogen-bond acceptors (Lipinski definition) is 2. The Bertz CT molecular complexity index is 1580. The van der Waals surface area contributed by atoms with Crippen LogP contribution in [-0.2, 0) is 0 Å². The van der Waals surface area contributed by atoms with Crippen molar-refractivity contribution in [1.82, 2.24) is 4.98 Å². The van der Waals surface area contributed by atoms with Crippen LogP contribution in [0.4, 0.5) is 0 Å². The summed E-state index contributed by atoms with van der Waals surface area (Å²) in [5.74, 6) is 1.75. The van der Waals surface area contributed by atoms with Crippen molar-refractivity contribution in [2.45, 2.75) is 67.2 Å². The first-order valence-electron chi connectivity index (χ1n) is 12.7. The Hall–Kier alpha value is -3.39. The quantitative estimate of drug-likeness (QED) is 0.266. The molecule has 0 unspecified atom stereocenters. The van der Waals surface area contributed by atoms with Crippen LogP contribution in [-0.4, -0.2) is 4.98 Å². The van der Waals surface area contributed by atoms with Crippen molar-refractivity contribution in [3.63, 3.8) is 0 Å². The molecule has 0 fully saturated rings. The average molecular weight is 462 g/mol. The van der Waals surface area contributed by atoms with Crippen molar-refractivity contribution in [3.8, 4) is 22.6 Å². The Morgan fingerprint density at radius 3 is 2.09 bits per heavy atom. The number of aromatic nitrogens is 1. The summed E-state index contributed by atoms with van der Waals surface area (Å²) in [6.07, 6.45) is 1.91. The van der Waals surface area contributed by atoms with Gasteiger partial charge >= 0.3 is 0 Å². The Labute approximate surface area is 209 Å². The van der Waals surface area contributed by atoms with Crippen LogP contribution in [0, 0.1) is 27.7 Å². The molecular formula is C33H35NO. The average Bonchev–Trinajstić information content (AvgIpc) is 3.21. The normalized spacial score (nSPS) is 11.9. The van der Waals surface area contributed by atoms with Crippen molar-refractivity contribution < 1.29 is 4.42 Å². The molecule has 2 heteroatoms. The van der Waals surface area contributed by atoms with E-state index < -0.39 is 0 Å². The summed E-state index contributed by atoms with van der Waals surface area (Å²) in [5, 5.41) is 3.72. The standard InChI is InChI=1S/C33H35NO/c1-18(2)27-14-21(6)12-23(8)31(27)29-17-24-9-10-34-32(33(24)35-29)26-15-25-13-20(5)11-22(7)30(25)28(16-26)19(3)4/h9-19H,1-8H3. The molecule has 178 valence electrons. The van der Waals surface area contributed by atoms with E-state index in [2.05, 4.69) is 104 Å². The highest BCUT2D eigenvalue weighted by Gasteiger charge is 2.20. The van der Waals surface area contributed by atoms with Crippen molar-refractivity contribution in [3.05, 3.63) is 88.1 Å². The van der Waals surface area contributed by atoms with Crippen LogP contribution in [0.3, 0.4) is 0 Å². The third kappa shape index (κ3) is 4.05. The lowest BCUT2D eigenvalue weighted by molar-refractivity contribution is 0.628. The molecule has 0 aliphatic rings. The second kappa shape index (κ2) is 8.68. The smallest absolute Gasteiger partial charge is 0.161 e. The fourth-order valence-corrected chi connectivity index (χ4v) is 5.64. The SMILES string of the molecule is Cc1cc(C)c(-c2cc3ccnc(-c4cc(C(C)C)c5c(C)cc(C)cc5c4)c3o2)c(C(C)C)c1. The Balaban J connectivity index is 1.77. The number of benzene rings is 3. The molecule has 0 aliphatic heterocycles. The third-order valence-electron chi connectivity index (χ3n) is 7.13. The van der Waals surface area contributed by atoms with E-state index in [0.29, 0.717) is 11.8 Å². The monoisotopic (exact) mass is 461 g/mol. The van der Waals surface area contributed by atoms with Crippen LogP contribution in [0.1, 0.15) is 72.9 Å². The fourth-order valence-electron chi connectivity index (χ4n) is 5.64. The second-order valence-electron chi connectivity index (χ2n) is 10.8. The maximum atomic E-state index is 6.65. The number of pyridine rings is 1. The van der Waals surface area contributed by atoms with Crippen LogP contribution in [0.25, 0.3) is 44.3 Å². The van der Waals surface area contributed by atoms with Crippen LogP contribution < -0.4 is 0 Å². The van der Waals surface area contributed by atoms with E-state index in [-0.39, 0.29) is 0 Å². The third-order valence-corrected chi connectivity index (χ3v) is 7.13. The number of nitrogens with zero attached hydrogens (tertiary/aromatic N) is 1. The van der Waals surface area contributed by atoms with Gasteiger partial charge in [0.25, 0.3) is 0 Å². The lowest BCUT2D eigenvalue weighted by Crippen LogP contribution is -1.96. The summed E-state index contributed by atoms with van der Waals surface area (Å²) >= 11 is 0. The minimum Gasteiger partial charge on any atom is -0.454 e. The van der Waals surface area contributed by atoms with Crippen molar-refractivity contribution in [2.75, 3.05) is 0 Å². The van der Waals surface area contributed by atoms with Crippen LogP contribution >= 0.6 is 0 Å². The number of fused-ring (bicyclic) bond motifs is 2. The van der Waals surface area contributed by atoms with E-state index in [0.717, 1.165) is 28.0 Å². The molecule has 0 saturated carbocycles. The summed E-state index contributed by atoms with van der Waals surface area (Å²) in [6.45, 7) is 17.8. The van der Waals surface area contributed by atoms with Crippen LogP contribution in [0.15, 0.2) is 59.1 Å². The molecule has 2 nitrogen and oxygen atoms in total. The molecule has 0 saturated heterocycles. The molecule has 0 amide bonds. The molecule has 0 radical (unpaired) electrons. The summed E-state index contributed by atoms with van der Waals surface area (Å²) < 4.78 is 6.65. The maximum absolute atomic E-state index is 6.65. The number of aryl methyl sites for hydroxylation is 4. The highest BCUT2D eigenvalue weighted by atomic mass is 16.3. The van der Waals surface area contributed by atoms with Crippen LogP contribution in [0.5, 0.6) is 0 Å². The highest BCUT2D eigenvalue weighted by molar-refractivity contribution is 5.98. The van der Waals surface area contributed by atoms with Gasteiger partial charge < -0.3 is 4.42 Å². The van der Waals surface area contributed by atoms with E-state index in [1.54, 1.807) is 0 Å². The van der Waals surface area contributed by atoms with Gasteiger partial charge in [0.1, 0.15) is 11.5 Å². The van der Waals surface area contributed by atoms with Crippen molar-refractivity contribution in [2.24, 2.45) is 0 Å². The molecule has 0 N–H and O–H groups in total. The van der Waals surface area contributed by atoms with Gasteiger partial charge in [-0.3, -0.25) is 4.98 Å². The van der Waals surface area contributed by atoms with Gasteiger partial charge in [0, 0.05) is 22.7 Å². The molecular weight excluding hydrogens is 426 g/mol. The lowest BCUT2D eigenvalue weighted by atomic mass is 9.89. The first-order chi connectivity index (χ1) is 16.6. The molecule has 0 spiro atoms. The Morgan fingerprint density at radius 1 is 0.686 bits per heavy atom. The number of furan rings is 1. The molecule has 2 aromatic heterocycles. The first-order valence-corrected chi connectivity index (χ1v) is 12.7. The Kier molecular flexibility index (Phi) is 5.79. The zero-order valence-electron chi connectivity index (χ0n) is 22.2. The van der Waals surface area contributed by atoms with Gasteiger partial charge in [0.2, 0.25) is 0 Å². The Morgan fingerprint density at radius 2 is 1.37 bits per heavy atom. The predicted molar refractivity (Wildman–Crippen MR) is 150 cm³/mol. The fraction of sp³-hybridized carbons (Fsp3) is 0.303. The maximum Gasteiger partial charge on any atom is 0.161 e. The van der Waals surface area contributed by atoms with Gasteiger partial charge in [-0.05, 0) is 96.8 Å². The van der Waals surface area contributed by atoms with Gasteiger partial charge in [-0.1, -0.05) is 63.1 Å².